The lowest BCUT2D eigenvalue weighted by Crippen LogP contribution is -2.47. The summed E-state index contributed by atoms with van der Waals surface area (Å²) in [5, 5.41) is 3.42. The standard InChI is InChI=1S/C14H27N3O/c1-11-9-12(6-7-15-11)14(18)17-8-4-5-13(17)10-16(2)3/h11-13,15H,4-10H2,1-3H3. The van der Waals surface area contributed by atoms with Crippen LogP contribution in [-0.2, 0) is 4.79 Å². The number of carbonyl (C=O) groups is 1. The monoisotopic (exact) mass is 253 g/mol. The molecule has 0 aliphatic carbocycles. The lowest BCUT2D eigenvalue weighted by molar-refractivity contribution is -0.137. The molecule has 2 aliphatic heterocycles. The van der Waals surface area contributed by atoms with Crippen LogP contribution in [0.3, 0.4) is 0 Å². The van der Waals surface area contributed by atoms with Crippen LogP contribution in [-0.4, -0.2) is 61.5 Å². The summed E-state index contributed by atoms with van der Waals surface area (Å²) in [6.45, 7) is 5.15. The minimum Gasteiger partial charge on any atom is -0.338 e. The van der Waals surface area contributed by atoms with Crippen molar-refractivity contribution in [3.63, 3.8) is 0 Å². The van der Waals surface area contributed by atoms with E-state index in [0.717, 1.165) is 32.5 Å². The highest BCUT2D eigenvalue weighted by Gasteiger charge is 2.34. The molecule has 0 bridgehead atoms. The minimum absolute atomic E-state index is 0.254. The topological polar surface area (TPSA) is 35.6 Å². The zero-order valence-corrected chi connectivity index (χ0v) is 12.0. The average Bonchev–Trinajstić information content (AvgIpc) is 2.75. The molecule has 3 atom stereocenters. The fraction of sp³-hybridized carbons (Fsp3) is 0.929. The number of nitrogens with one attached hydrogen (secondary N) is 1. The second-order valence-corrected chi connectivity index (χ2v) is 6.17. The Hall–Kier alpha value is -0.610. The normalized spacial score (nSPS) is 33.1. The van der Waals surface area contributed by atoms with E-state index in [-0.39, 0.29) is 5.92 Å². The molecular weight excluding hydrogens is 226 g/mol. The van der Waals surface area contributed by atoms with Gasteiger partial charge in [-0.15, -0.1) is 0 Å². The van der Waals surface area contributed by atoms with Crippen molar-refractivity contribution in [2.45, 2.75) is 44.7 Å². The molecular formula is C14H27N3O. The van der Waals surface area contributed by atoms with Crippen molar-refractivity contribution < 1.29 is 4.79 Å². The van der Waals surface area contributed by atoms with Gasteiger partial charge in [-0.1, -0.05) is 0 Å². The molecule has 2 aliphatic rings. The van der Waals surface area contributed by atoms with Crippen molar-refractivity contribution in [2.24, 2.45) is 5.92 Å². The predicted molar refractivity (Wildman–Crippen MR) is 73.5 cm³/mol. The Balaban J connectivity index is 1.94. The lowest BCUT2D eigenvalue weighted by Gasteiger charge is -2.34. The fourth-order valence-corrected chi connectivity index (χ4v) is 3.33. The van der Waals surface area contributed by atoms with E-state index >= 15 is 0 Å². The third-order valence-electron chi connectivity index (χ3n) is 4.21. The van der Waals surface area contributed by atoms with Crippen LogP contribution in [0.4, 0.5) is 0 Å². The highest BCUT2D eigenvalue weighted by Crippen LogP contribution is 2.25. The highest BCUT2D eigenvalue weighted by molar-refractivity contribution is 5.79. The number of likely N-dealkylation sites (tertiary alicyclic amines) is 1. The first kappa shape index (κ1) is 13.8. The molecule has 2 rings (SSSR count). The van der Waals surface area contributed by atoms with Gasteiger partial charge in [0.2, 0.25) is 5.91 Å². The maximum atomic E-state index is 12.6. The molecule has 0 aromatic carbocycles. The Bertz CT molecular complexity index is 293. The number of piperidine rings is 1. The average molecular weight is 253 g/mol. The summed E-state index contributed by atoms with van der Waals surface area (Å²) >= 11 is 0. The predicted octanol–water partition coefficient (Wildman–Crippen LogP) is 0.927. The van der Waals surface area contributed by atoms with Crippen molar-refractivity contribution >= 4 is 5.91 Å². The second-order valence-electron chi connectivity index (χ2n) is 6.17. The van der Waals surface area contributed by atoms with Crippen LogP contribution in [0.15, 0.2) is 0 Å². The first-order valence-corrected chi connectivity index (χ1v) is 7.26. The first-order valence-electron chi connectivity index (χ1n) is 7.26. The minimum atomic E-state index is 0.254. The van der Waals surface area contributed by atoms with Crippen LogP contribution >= 0.6 is 0 Å². The summed E-state index contributed by atoms with van der Waals surface area (Å²) in [6.07, 6.45) is 4.35. The van der Waals surface area contributed by atoms with Crippen molar-refractivity contribution in [1.82, 2.24) is 15.1 Å². The molecule has 3 unspecified atom stereocenters. The van der Waals surface area contributed by atoms with E-state index < -0.39 is 0 Å². The number of amides is 1. The molecule has 2 heterocycles. The van der Waals surface area contributed by atoms with Crippen molar-refractivity contribution in [3.8, 4) is 0 Å². The first-order chi connectivity index (χ1) is 8.58. The van der Waals surface area contributed by atoms with Gasteiger partial charge in [0, 0.05) is 31.1 Å². The number of carbonyl (C=O) groups excluding carboxylic acids is 1. The van der Waals surface area contributed by atoms with E-state index in [1.54, 1.807) is 0 Å². The van der Waals surface area contributed by atoms with Crippen LogP contribution in [0, 0.1) is 5.92 Å². The number of hydrogen-bond acceptors (Lipinski definition) is 3. The molecule has 18 heavy (non-hydrogen) atoms. The molecule has 0 saturated carbocycles. The van der Waals surface area contributed by atoms with E-state index in [9.17, 15) is 4.79 Å². The van der Waals surface area contributed by atoms with Gasteiger partial charge in [0.25, 0.3) is 0 Å². The van der Waals surface area contributed by atoms with Gasteiger partial charge < -0.3 is 15.1 Å². The third-order valence-corrected chi connectivity index (χ3v) is 4.21. The number of rotatable bonds is 3. The smallest absolute Gasteiger partial charge is 0.226 e. The van der Waals surface area contributed by atoms with Crippen LogP contribution in [0.5, 0.6) is 0 Å². The Morgan fingerprint density at radius 3 is 2.83 bits per heavy atom. The van der Waals surface area contributed by atoms with Crippen LogP contribution < -0.4 is 5.32 Å². The molecule has 2 fully saturated rings. The molecule has 4 nitrogen and oxygen atoms in total. The van der Waals surface area contributed by atoms with Gasteiger partial charge in [-0.25, -0.2) is 0 Å². The van der Waals surface area contributed by atoms with Crippen molar-refractivity contribution in [2.75, 3.05) is 33.7 Å². The third kappa shape index (κ3) is 3.23. The SMILES string of the molecule is CC1CC(C(=O)N2CCCC2CN(C)C)CCN1. The van der Waals surface area contributed by atoms with E-state index in [0.29, 0.717) is 18.0 Å². The summed E-state index contributed by atoms with van der Waals surface area (Å²) in [4.78, 5) is 17.0. The van der Waals surface area contributed by atoms with Gasteiger partial charge in [0.1, 0.15) is 0 Å². The van der Waals surface area contributed by atoms with Gasteiger partial charge in [-0.3, -0.25) is 4.79 Å². The van der Waals surface area contributed by atoms with Gasteiger partial charge in [-0.05, 0) is 53.2 Å². The molecule has 0 radical (unpaired) electrons. The van der Waals surface area contributed by atoms with Crippen molar-refractivity contribution in [1.29, 1.82) is 0 Å². The zero-order chi connectivity index (χ0) is 13.1. The molecule has 1 amide bonds. The number of likely N-dealkylation sites (N-methyl/N-ethyl adjacent to an activating group) is 1. The Kier molecular flexibility index (Phi) is 4.62. The van der Waals surface area contributed by atoms with E-state index in [1.807, 2.05) is 0 Å². The zero-order valence-electron chi connectivity index (χ0n) is 12.0. The lowest BCUT2D eigenvalue weighted by atomic mass is 9.92. The molecule has 0 aromatic rings. The quantitative estimate of drug-likeness (QED) is 0.812. The molecule has 2 saturated heterocycles. The summed E-state index contributed by atoms with van der Waals surface area (Å²) in [5.74, 6) is 0.664. The van der Waals surface area contributed by atoms with Gasteiger partial charge in [0.05, 0.1) is 0 Å². The summed E-state index contributed by atoms with van der Waals surface area (Å²) in [5.41, 5.74) is 0. The van der Waals surface area contributed by atoms with E-state index in [4.69, 9.17) is 0 Å². The van der Waals surface area contributed by atoms with Crippen molar-refractivity contribution in [3.05, 3.63) is 0 Å². The molecule has 0 spiro atoms. The largest absolute Gasteiger partial charge is 0.338 e. The van der Waals surface area contributed by atoms with Crippen LogP contribution in [0.1, 0.15) is 32.6 Å². The summed E-state index contributed by atoms with van der Waals surface area (Å²) in [7, 11) is 4.18. The number of hydrogen-bond donors (Lipinski definition) is 1. The van der Waals surface area contributed by atoms with Gasteiger partial charge in [0.15, 0.2) is 0 Å². The summed E-state index contributed by atoms with van der Waals surface area (Å²) < 4.78 is 0. The fourth-order valence-electron chi connectivity index (χ4n) is 3.33. The highest BCUT2D eigenvalue weighted by atomic mass is 16.2. The summed E-state index contributed by atoms with van der Waals surface area (Å²) in [6, 6.07) is 0.931. The Labute approximate surface area is 111 Å². The van der Waals surface area contributed by atoms with Gasteiger partial charge in [-0.2, -0.15) is 0 Å². The second kappa shape index (κ2) is 6.02. The Morgan fingerprint density at radius 2 is 2.17 bits per heavy atom. The maximum Gasteiger partial charge on any atom is 0.226 e. The molecule has 4 heteroatoms. The molecule has 1 N–H and O–H groups in total. The van der Waals surface area contributed by atoms with Crippen LogP contribution in [0.25, 0.3) is 0 Å². The van der Waals surface area contributed by atoms with Crippen LogP contribution in [0.2, 0.25) is 0 Å². The maximum absolute atomic E-state index is 12.6. The molecule has 0 aromatic heterocycles. The van der Waals surface area contributed by atoms with E-state index in [2.05, 4.69) is 36.1 Å². The molecule has 104 valence electrons. The number of nitrogens with zero attached hydrogens (tertiary/aromatic N) is 2. The van der Waals surface area contributed by atoms with E-state index in [1.165, 1.54) is 12.8 Å². The van der Waals surface area contributed by atoms with Gasteiger partial charge >= 0.3 is 0 Å². The Morgan fingerprint density at radius 1 is 1.39 bits per heavy atom.